The molecular formula is C9H11BrFN3O2. The summed E-state index contributed by atoms with van der Waals surface area (Å²) in [7, 11) is 0. The molecule has 0 aliphatic rings. The SMILES string of the molecule is CC(CN)Nc1cc(Br)c(F)cc1[N+](=O)[O-]. The quantitative estimate of drug-likeness (QED) is 0.658. The zero-order valence-corrected chi connectivity index (χ0v) is 10.1. The van der Waals surface area contributed by atoms with E-state index in [1.165, 1.54) is 6.07 Å². The van der Waals surface area contributed by atoms with Crippen LogP contribution in [0.1, 0.15) is 6.92 Å². The van der Waals surface area contributed by atoms with Crippen LogP contribution in [0.2, 0.25) is 0 Å². The summed E-state index contributed by atoms with van der Waals surface area (Å²) in [4.78, 5) is 10.1. The molecule has 0 saturated heterocycles. The van der Waals surface area contributed by atoms with Gasteiger partial charge < -0.3 is 11.1 Å². The molecule has 16 heavy (non-hydrogen) atoms. The topological polar surface area (TPSA) is 81.2 Å². The minimum atomic E-state index is -0.669. The highest BCUT2D eigenvalue weighted by Crippen LogP contribution is 2.30. The Labute approximate surface area is 100 Å². The van der Waals surface area contributed by atoms with Crippen LogP contribution in [-0.4, -0.2) is 17.5 Å². The highest BCUT2D eigenvalue weighted by Gasteiger charge is 2.18. The minimum absolute atomic E-state index is 0.129. The predicted octanol–water partition coefficient (Wildman–Crippen LogP) is 2.26. The molecule has 0 aromatic heterocycles. The molecule has 1 aromatic carbocycles. The summed E-state index contributed by atoms with van der Waals surface area (Å²) in [5.41, 5.74) is 5.34. The van der Waals surface area contributed by atoms with E-state index in [0.29, 0.717) is 6.54 Å². The maximum atomic E-state index is 13.1. The number of benzene rings is 1. The molecule has 0 aliphatic heterocycles. The number of nitrogens with zero attached hydrogens (tertiary/aromatic N) is 1. The number of halogens is 2. The Morgan fingerprint density at radius 1 is 1.69 bits per heavy atom. The maximum Gasteiger partial charge on any atom is 0.295 e. The van der Waals surface area contributed by atoms with Crippen LogP contribution in [0.4, 0.5) is 15.8 Å². The van der Waals surface area contributed by atoms with Crippen LogP contribution in [-0.2, 0) is 0 Å². The van der Waals surface area contributed by atoms with Gasteiger partial charge in [-0.3, -0.25) is 10.1 Å². The van der Waals surface area contributed by atoms with E-state index in [0.717, 1.165) is 6.07 Å². The summed E-state index contributed by atoms with van der Waals surface area (Å²) >= 11 is 2.97. The number of hydrogen-bond donors (Lipinski definition) is 2. The monoisotopic (exact) mass is 291 g/mol. The van der Waals surface area contributed by atoms with Gasteiger partial charge in [0.1, 0.15) is 11.5 Å². The van der Waals surface area contributed by atoms with Crippen LogP contribution in [0.25, 0.3) is 0 Å². The molecule has 0 fully saturated rings. The van der Waals surface area contributed by atoms with Gasteiger partial charge in [0.05, 0.1) is 15.5 Å². The lowest BCUT2D eigenvalue weighted by Crippen LogP contribution is -2.25. The number of nitro groups is 1. The number of hydrogen-bond acceptors (Lipinski definition) is 4. The second-order valence-corrected chi connectivity index (χ2v) is 4.18. The highest BCUT2D eigenvalue weighted by atomic mass is 79.9. The third-order valence-electron chi connectivity index (χ3n) is 1.99. The molecule has 0 heterocycles. The summed E-state index contributed by atoms with van der Waals surface area (Å²) in [5, 5.41) is 13.6. The van der Waals surface area contributed by atoms with E-state index in [1.807, 2.05) is 0 Å². The van der Waals surface area contributed by atoms with Crippen LogP contribution in [0.3, 0.4) is 0 Å². The third kappa shape index (κ3) is 2.89. The molecule has 1 atom stereocenters. The van der Waals surface area contributed by atoms with E-state index < -0.39 is 10.7 Å². The van der Waals surface area contributed by atoms with Gasteiger partial charge in [0.2, 0.25) is 0 Å². The van der Waals surface area contributed by atoms with Gasteiger partial charge in [-0.2, -0.15) is 0 Å². The molecule has 0 bridgehead atoms. The van der Waals surface area contributed by atoms with E-state index in [4.69, 9.17) is 5.73 Å². The fourth-order valence-corrected chi connectivity index (χ4v) is 1.47. The lowest BCUT2D eigenvalue weighted by atomic mass is 10.2. The van der Waals surface area contributed by atoms with E-state index >= 15 is 0 Å². The van der Waals surface area contributed by atoms with Gasteiger partial charge in [-0.15, -0.1) is 0 Å². The van der Waals surface area contributed by atoms with Gasteiger partial charge in [-0.05, 0) is 28.9 Å². The molecule has 1 unspecified atom stereocenters. The third-order valence-corrected chi connectivity index (χ3v) is 2.60. The second-order valence-electron chi connectivity index (χ2n) is 3.32. The normalized spacial score (nSPS) is 12.2. The van der Waals surface area contributed by atoms with Crippen LogP contribution in [0.15, 0.2) is 16.6 Å². The van der Waals surface area contributed by atoms with Gasteiger partial charge in [0, 0.05) is 12.6 Å². The Morgan fingerprint density at radius 3 is 2.81 bits per heavy atom. The molecule has 0 aliphatic carbocycles. The molecule has 0 amide bonds. The number of rotatable bonds is 4. The molecule has 0 radical (unpaired) electrons. The minimum Gasteiger partial charge on any atom is -0.376 e. The Hall–Kier alpha value is -1.21. The van der Waals surface area contributed by atoms with Gasteiger partial charge in [-0.1, -0.05) is 0 Å². The molecule has 1 rings (SSSR count). The number of nitro benzene ring substituents is 1. The lowest BCUT2D eigenvalue weighted by Gasteiger charge is -2.13. The van der Waals surface area contributed by atoms with Gasteiger partial charge >= 0.3 is 0 Å². The zero-order valence-electron chi connectivity index (χ0n) is 8.54. The van der Waals surface area contributed by atoms with Crippen molar-refractivity contribution in [2.24, 2.45) is 5.73 Å². The summed E-state index contributed by atoms with van der Waals surface area (Å²) < 4.78 is 13.3. The second kappa shape index (κ2) is 5.22. The first-order valence-corrected chi connectivity index (χ1v) is 5.35. The molecule has 1 aromatic rings. The van der Waals surface area contributed by atoms with Crippen LogP contribution in [0.5, 0.6) is 0 Å². The Morgan fingerprint density at radius 2 is 2.31 bits per heavy atom. The molecule has 5 nitrogen and oxygen atoms in total. The van der Waals surface area contributed by atoms with Crippen molar-refractivity contribution in [2.75, 3.05) is 11.9 Å². The molecular weight excluding hydrogens is 281 g/mol. The Kier molecular flexibility index (Phi) is 4.19. The van der Waals surface area contributed by atoms with Crippen molar-refractivity contribution in [3.8, 4) is 0 Å². The van der Waals surface area contributed by atoms with Crippen molar-refractivity contribution in [2.45, 2.75) is 13.0 Å². The average Bonchev–Trinajstić information content (AvgIpc) is 2.22. The average molecular weight is 292 g/mol. The summed E-state index contributed by atoms with van der Waals surface area (Å²) in [5.74, 6) is -0.669. The smallest absolute Gasteiger partial charge is 0.295 e. The van der Waals surface area contributed by atoms with Gasteiger partial charge in [0.15, 0.2) is 0 Å². The first-order valence-electron chi connectivity index (χ1n) is 4.55. The number of nitrogens with two attached hydrogens (primary N) is 1. The van der Waals surface area contributed by atoms with E-state index in [2.05, 4.69) is 21.2 Å². The van der Waals surface area contributed by atoms with Crippen molar-refractivity contribution < 1.29 is 9.31 Å². The molecule has 0 spiro atoms. The van der Waals surface area contributed by atoms with Crippen molar-refractivity contribution in [3.63, 3.8) is 0 Å². The fourth-order valence-electron chi connectivity index (χ4n) is 1.13. The standard InChI is InChI=1S/C9H11BrFN3O2/c1-5(4-12)13-8-2-6(10)7(11)3-9(8)14(15)16/h2-3,5,13H,4,12H2,1H3. The summed E-state index contributed by atoms with van der Waals surface area (Å²) in [6, 6.07) is 2.08. The van der Waals surface area contributed by atoms with Crippen molar-refractivity contribution in [3.05, 3.63) is 32.5 Å². The van der Waals surface area contributed by atoms with Crippen LogP contribution >= 0.6 is 15.9 Å². The van der Waals surface area contributed by atoms with E-state index in [1.54, 1.807) is 6.92 Å². The van der Waals surface area contributed by atoms with Crippen LogP contribution < -0.4 is 11.1 Å². The first-order chi connectivity index (χ1) is 7.45. The Balaban J connectivity index is 3.14. The highest BCUT2D eigenvalue weighted by molar-refractivity contribution is 9.10. The fraction of sp³-hybridized carbons (Fsp3) is 0.333. The number of nitrogens with one attached hydrogen (secondary N) is 1. The lowest BCUT2D eigenvalue weighted by molar-refractivity contribution is -0.384. The van der Waals surface area contributed by atoms with Crippen LogP contribution in [0, 0.1) is 15.9 Å². The first kappa shape index (κ1) is 12.9. The summed E-state index contributed by atoms with van der Waals surface area (Å²) in [6.45, 7) is 2.10. The van der Waals surface area contributed by atoms with Gasteiger partial charge in [0.25, 0.3) is 5.69 Å². The van der Waals surface area contributed by atoms with Gasteiger partial charge in [-0.25, -0.2) is 4.39 Å². The van der Waals surface area contributed by atoms with E-state index in [9.17, 15) is 14.5 Å². The zero-order chi connectivity index (χ0) is 12.3. The maximum absolute atomic E-state index is 13.1. The van der Waals surface area contributed by atoms with Crippen molar-refractivity contribution in [1.29, 1.82) is 0 Å². The molecule has 88 valence electrons. The molecule has 3 N–H and O–H groups in total. The Bertz CT molecular complexity index is 414. The van der Waals surface area contributed by atoms with Crippen molar-refractivity contribution in [1.82, 2.24) is 0 Å². The molecule has 0 saturated carbocycles. The summed E-state index contributed by atoms with van der Waals surface area (Å²) in [6.07, 6.45) is 0. The molecule has 7 heteroatoms. The predicted molar refractivity (Wildman–Crippen MR) is 62.9 cm³/mol. The number of anilines is 1. The van der Waals surface area contributed by atoms with Crippen molar-refractivity contribution >= 4 is 27.3 Å². The largest absolute Gasteiger partial charge is 0.376 e. The van der Waals surface area contributed by atoms with E-state index in [-0.39, 0.29) is 21.9 Å².